The molecule has 0 bridgehead atoms. The Labute approximate surface area is 233 Å². The number of hydrogen-bond acceptors (Lipinski definition) is 6. The lowest BCUT2D eigenvalue weighted by Crippen LogP contribution is -2.29. The van der Waals surface area contributed by atoms with Gasteiger partial charge in [0, 0.05) is 12.3 Å². The van der Waals surface area contributed by atoms with Crippen LogP contribution in [0.5, 0.6) is 0 Å². The van der Waals surface area contributed by atoms with Crippen molar-refractivity contribution >= 4 is 19.8 Å². The van der Waals surface area contributed by atoms with Gasteiger partial charge in [-0.1, -0.05) is 83.5 Å². The van der Waals surface area contributed by atoms with Crippen LogP contribution in [0.2, 0.25) is 0 Å². The highest BCUT2D eigenvalue weighted by Gasteiger charge is 2.22. The predicted molar refractivity (Wildman–Crippen MR) is 149 cm³/mol. The second-order valence-corrected chi connectivity index (χ2v) is 9.75. The van der Waals surface area contributed by atoms with Crippen LogP contribution < -0.4 is 0 Å². The minimum absolute atomic E-state index is 0.142. The van der Waals surface area contributed by atoms with Gasteiger partial charge in [-0.15, -0.1) is 0 Å². The number of phosphoric ester groups is 1. The van der Waals surface area contributed by atoms with Crippen molar-refractivity contribution in [3.63, 3.8) is 0 Å². The third-order valence-corrected chi connectivity index (χ3v) is 5.57. The Bertz CT molecular complexity index is 1080. The summed E-state index contributed by atoms with van der Waals surface area (Å²) in [6.07, 6.45) is 12.8. The summed E-state index contributed by atoms with van der Waals surface area (Å²) >= 11 is 0. The van der Waals surface area contributed by atoms with Crippen molar-refractivity contribution in [1.29, 1.82) is 0 Å². The summed E-state index contributed by atoms with van der Waals surface area (Å²) in [5.41, 5.74) is 0. The van der Waals surface area contributed by atoms with E-state index in [4.69, 9.17) is 19.3 Å². The number of rotatable bonds is 19. The smallest absolute Gasteiger partial charge is 0.456 e. The van der Waals surface area contributed by atoms with Crippen LogP contribution in [0.4, 0.5) is 0 Å². The lowest BCUT2D eigenvalue weighted by molar-refractivity contribution is -0.158. The van der Waals surface area contributed by atoms with E-state index in [0.717, 1.165) is 19.3 Å². The molecule has 0 aromatic carbocycles. The number of phosphoric acid groups is 1. The number of carbonyl (C=O) groups is 2. The minimum atomic E-state index is -4.81. The van der Waals surface area contributed by atoms with Gasteiger partial charge in [0.25, 0.3) is 0 Å². The van der Waals surface area contributed by atoms with E-state index in [9.17, 15) is 14.2 Å². The number of unbranched alkanes of at least 4 members (excludes halogenated alkanes) is 11. The second-order valence-electron chi connectivity index (χ2n) is 8.51. The van der Waals surface area contributed by atoms with E-state index in [2.05, 4.69) is 70.7 Å². The lowest BCUT2D eigenvalue weighted by atomic mass is 10.0. The van der Waals surface area contributed by atoms with Crippen LogP contribution in [0.25, 0.3) is 0 Å². The molecule has 0 spiro atoms. The van der Waals surface area contributed by atoms with Crippen molar-refractivity contribution in [1.82, 2.24) is 0 Å². The molecule has 8 nitrogen and oxygen atoms in total. The zero-order valence-corrected chi connectivity index (χ0v) is 23.9. The highest BCUT2D eigenvalue weighted by molar-refractivity contribution is 7.46. The highest BCUT2D eigenvalue weighted by Crippen LogP contribution is 2.35. The first-order valence-corrected chi connectivity index (χ1v) is 14.8. The van der Waals surface area contributed by atoms with Gasteiger partial charge < -0.3 is 19.3 Å². The molecule has 2 N–H and O–H groups in total. The van der Waals surface area contributed by atoms with Gasteiger partial charge in [0.05, 0.1) is 6.61 Å². The summed E-state index contributed by atoms with van der Waals surface area (Å²) in [6.45, 7) is 2.73. The minimum Gasteiger partial charge on any atom is -0.456 e. The Morgan fingerprint density at radius 2 is 1.21 bits per heavy atom. The van der Waals surface area contributed by atoms with Crippen molar-refractivity contribution in [2.75, 3.05) is 13.2 Å². The maximum Gasteiger partial charge on any atom is 0.469 e. The fraction of sp³-hybridized carbons (Fsp3) is 0.600. The number of esters is 2. The molecule has 9 heteroatoms. The molecule has 1 atom stereocenters. The van der Waals surface area contributed by atoms with Crippen molar-refractivity contribution in [3.8, 4) is 59.2 Å². The van der Waals surface area contributed by atoms with Gasteiger partial charge in [-0.2, -0.15) is 0 Å². The van der Waals surface area contributed by atoms with E-state index in [1.165, 1.54) is 51.4 Å². The molecule has 0 radical (unpaired) electrons. The summed E-state index contributed by atoms with van der Waals surface area (Å²) < 4.78 is 25.5. The van der Waals surface area contributed by atoms with Gasteiger partial charge in [0.15, 0.2) is 6.10 Å². The standard InChI is InChI=1S/C30H39O8P/c1-3-5-7-9-11-13-14-15-17-19-21-23-25-30(32)38-28(27-37-39(33,34)35)26-36-29(31)24-22-20-18-16-12-10-8-6-4-2/h28H,3,5,7,9,11,13-15,17,19,21,23,25-27H2,1-2H3,(H2,33,34,35)/t28-/m0/s1. The number of carbonyl (C=O) groups excluding carboxylic acids is 2. The molecule has 39 heavy (non-hydrogen) atoms. The van der Waals surface area contributed by atoms with Crippen LogP contribution in [-0.2, 0) is 28.2 Å². The quantitative estimate of drug-likeness (QED) is 0.0771. The van der Waals surface area contributed by atoms with Gasteiger partial charge in [0.2, 0.25) is 0 Å². The van der Waals surface area contributed by atoms with Gasteiger partial charge in [-0.05, 0) is 60.7 Å². The molecule has 212 valence electrons. The maximum absolute atomic E-state index is 12.2. The SMILES string of the molecule is CC#CC#CC#CC#CC#CC(=O)OC[C@@H](COP(=O)(O)O)OC(=O)CCCCCCCCCCCCCC. The summed E-state index contributed by atoms with van der Waals surface area (Å²) in [6, 6.07) is 0. The zero-order valence-electron chi connectivity index (χ0n) is 23.0. The van der Waals surface area contributed by atoms with E-state index in [1.807, 2.05) is 0 Å². The molecule has 0 amide bonds. The van der Waals surface area contributed by atoms with E-state index in [0.29, 0.717) is 6.42 Å². The van der Waals surface area contributed by atoms with E-state index in [-0.39, 0.29) is 6.42 Å². The second kappa shape index (κ2) is 25.1. The number of ether oxygens (including phenoxy) is 2. The van der Waals surface area contributed by atoms with Crippen molar-refractivity contribution in [3.05, 3.63) is 0 Å². The van der Waals surface area contributed by atoms with Gasteiger partial charge >= 0.3 is 19.8 Å². The number of hydrogen-bond donors (Lipinski definition) is 2. The van der Waals surface area contributed by atoms with Gasteiger partial charge in [0.1, 0.15) is 6.61 Å². The van der Waals surface area contributed by atoms with Crippen molar-refractivity contribution in [2.24, 2.45) is 0 Å². The third-order valence-electron chi connectivity index (χ3n) is 5.09. The maximum atomic E-state index is 12.2. The van der Waals surface area contributed by atoms with Crippen LogP contribution in [0.1, 0.15) is 97.3 Å². The Morgan fingerprint density at radius 3 is 1.72 bits per heavy atom. The average Bonchev–Trinajstić information content (AvgIpc) is 2.89. The normalized spacial score (nSPS) is 10.4. The molecule has 0 aliphatic carbocycles. The summed E-state index contributed by atoms with van der Waals surface area (Å²) in [4.78, 5) is 41.8. The van der Waals surface area contributed by atoms with Crippen molar-refractivity contribution in [2.45, 2.75) is 103 Å². The molecule has 0 aromatic rings. The first-order valence-electron chi connectivity index (χ1n) is 13.3. The third kappa shape index (κ3) is 27.7. The first-order chi connectivity index (χ1) is 18.8. The van der Waals surface area contributed by atoms with Crippen LogP contribution in [0, 0.1) is 59.2 Å². The van der Waals surface area contributed by atoms with Crippen LogP contribution in [0.3, 0.4) is 0 Å². The monoisotopic (exact) mass is 558 g/mol. The fourth-order valence-corrected chi connectivity index (χ4v) is 3.55. The van der Waals surface area contributed by atoms with Crippen LogP contribution in [0.15, 0.2) is 0 Å². The lowest BCUT2D eigenvalue weighted by Gasteiger charge is -2.17. The molecule has 0 saturated heterocycles. The highest BCUT2D eigenvalue weighted by atomic mass is 31.2. The van der Waals surface area contributed by atoms with Crippen LogP contribution >= 0.6 is 7.82 Å². The topological polar surface area (TPSA) is 119 Å². The Balaban J connectivity index is 4.36. The summed E-state index contributed by atoms with van der Waals surface area (Å²) in [7, 11) is -4.81. The Hall–Kier alpha value is -3.15. The van der Waals surface area contributed by atoms with E-state index >= 15 is 0 Å². The first kappa shape index (κ1) is 35.9. The molecular weight excluding hydrogens is 519 g/mol. The molecule has 0 saturated carbocycles. The molecule has 0 unspecified atom stereocenters. The predicted octanol–water partition coefficient (Wildman–Crippen LogP) is 4.68. The van der Waals surface area contributed by atoms with Crippen LogP contribution in [-0.4, -0.2) is 41.0 Å². The van der Waals surface area contributed by atoms with Gasteiger partial charge in [-0.3, -0.25) is 9.32 Å². The van der Waals surface area contributed by atoms with Gasteiger partial charge in [-0.25, -0.2) is 9.36 Å². The zero-order chi connectivity index (χ0) is 29.0. The molecule has 0 aromatic heterocycles. The average molecular weight is 559 g/mol. The fourth-order valence-electron chi connectivity index (χ4n) is 3.19. The van der Waals surface area contributed by atoms with E-state index < -0.39 is 39.1 Å². The molecule has 0 aliphatic rings. The van der Waals surface area contributed by atoms with E-state index in [1.54, 1.807) is 6.92 Å². The Morgan fingerprint density at radius 1 is 0.718 bits per heavy atom. The molecule has 0 fully saturated rings. The largest absolute Gasteiger partial charge is 0.469 e. The molecule has 0 heterocycles. The molecule has 0 rings (SSSR count). The van der Waals surface area contributed by atoms with Crippen molar-refractivity contribution < 1.29 is 37.9 Å². The molecular formula is C30H39O8P. The molecule has 0 aliphatic heterocycles. The Kier molecular flexibility index (Phi) is 23.1. The summed E-state index contributed by atoms with van der Waals surface area (Å²) in [5, 5.41) is 0. The summed E-state index contributed by atoms with van der Waals surface area (Å²) in [5.74, 6) is 22.4.